The van der Waals surface area contributed by atoms with Crippen LogP contribution in [0.15, 0.2) is 17.3 Å². The largest absolute Gasteiger partial charge is 0.494 e. The van der Waals surface area contributed by atoms with Crippen molar-refractivity contribution >= 4 is 17.7 Å². The van der Waals surface area contributed by atoms with Gasteiger partial charge in [0.2, 0.25) is 5.91 Å². The molecule has 0 saturated heterocycles. The second-order valence-corrected chi connectivity index (χ2v) is 8.27. The van der Waals surface area contributed by atoms with Crippen LogP contribution in [0, 0.1) is 6.92 Å². The molecule has 7 nitrogen and oxygen atoms in total. The fourth-order valence-electron chi connectivity index (χ4n) is 3.49. The molecule has 1 aromatic heterocycles. The number of amides is 1. The highest BCUT2D eigenvalue weighted by Crippen LogP contribution is 2.38. The first-order chi connectivity index (χ1) is 13.5. The highest BCUT2D eigenvalue weighted by Gasteiger charge is 2.28. The number of fused-ring (bicyclic) bond motifs is 1. The predicted molar refractivity (Wildman–Crippen MR) is 107 cm³/mol. The summed E-state index contributed by atoms with van der Waals surface area (Å²) in [6.07, 6.45) is 3.40. The minimum Gasteiger partial charge on any atom is -0.494 e. The van der Waals surface area contributed by atoms with E-state index in [2.05, 4.69) is 27.0 Å². The van der Waals surface area contributed by atoms with Crippen LogP contribution in [0.4, 0.5) is 0 Å². The third-order valence-corrected chi connectivity index (χ3v) is 5.88. The molecule has 1 saturated carbocycles. The smallest absolute Gasteiger partial charge is 0.230 e. The van der Waals surface area contributed by atoms with Crippen LogP contribution < -0.4 is 14.8 Å². The average molecular weight is 403 g/mol. The molecule has 1 atom stereocenters. The first-order valence-electron chi connectivity index (χ1n) is 9.81. The molecule has 1 amide bonds. The summed E-state index contributed by atoms with van der Waals surface area (Å²) in [5, 5.41) is 12.2. The number of nitrogens with zero attached hydrogens (tertiary/aromatic N) is 3. The lowest BCUT2D eigenvalue weighted by Crippen LogP contribution is -2.25. The van der Waals surface area contributed by atoms with Crippen LogP contribution >= 0.6 is 11.8 Å². The number of aryl methyl sites for hydroxylation is 1. The Morgan fingerprint density at radius 3 is 2.96 bits per heavy atom. The Kier molecular flexibility index (Phi) is 5.48. The SMILES string of the molecule is CCOc1cc2c(cc1CNC(=O)CSc1nnc(C)n1C1CC1)O[C@H](C)C2. The summed E-state index contributed by atoms with van der Waals surface area (Å²) in [5.41, 5.74) is 2.10. The van der Waals surface area contributed by atoms with Crippen LogP contribution in [0.1, 0.15) is 49.7 Å². The van der Waals surface area contributed by atoms with Gasteiger partial charge in [-0.2, -0.15) is 0 Å². The number of carbonyl (C=O) groups is 1. The minimum atomic E-state index is -0.0368. The molecule has 0 bridgehead atoms. The molecule has 0 radical (unpaired) electrons. The van der Waals surface area contributed by atoms with Crippen molar-refractivity contribution < 1.29 is 14.3 Å². The third kappa shape index (κ3) is 4.11. The lowest BCUT2D eigenvalue weighted by atomic mass is 10.1. The van der Waals surface area contributed by atoms with Gasteiger partial charge in [0.25, 0.3) is 0 Å². The Balaban J connectivity index is 1.36. The highest BCUT2D eigenvalue weighted by atomic mass is 32.2. The number of thioether (sulfide) groups is 1. The van der Waals surface area contributed by atoms with E-state index in [-0.39, 0.29) is 12.0 Å². The number of nitrogens with one attached hydrogen (secondary N) is 1. The van der Waals surface area contributed by atoms with E-state index in [1.807, 2.05) is 26.0 Å². The van der Waals surface area contributed by atoms with Gasteiger partial charge in [-0.3, -0.25) is 4.79 Å². The Hall–Kier alpha value is -2.22. The summed E-state index contributed by atoms with van der Waals surface area (Å²) in [7, 11) is 0. The van der Waals surface area contributed by atoms with Crippen LogP contribution in [0.25, 0.3) is 0 Å². The van der Waals surface area contributed by atoms with Gasteiger partial charge in [0.05, 0.1) is 12.4 Å². The molecule has 1 aromatic carbocycles. The highest BCUT2D eigenvalue weighted by molar-refractivity contribution is 7.99. The maximum Gasteiger partial charge on any atom is 0.230 e. The van der Waals surface area contributed by atoms with Gasteiger partial charge in [-0.15, -0.1) is 10.2 Å². The summed E-state index contributed by atoms with van der Waals surface area (Å²) in [6.45, 7) is 6.97. The summed E-state index contributed by atoms with van der Waals surface area (Å²) in [5.74, 6) is 2.90. The first-order valence-corrected chi connectivity index (χ1v) is 10.8. The monoisotopic (exact) mass is 402 g/mol. The van der Waals surface area contributed by atoms with Gasteiger partial charge in [0, 0.05) is 30.1 Å². The Bertz CT molecular complexity index is 879. The van der Waals surface area contributed by atoms with Gasteiger partial charge in [-0.1, -0.05) is 11.8 Å². The summed E-state index contributed by atoms with van der Waals surface area (Å²) < 4.78 is 13.8. The molecule has 1 aliphatic carbocycles. The normalized spacial score (nSPS) is 17.9. The fraction of sp³-hybridized carbons (Fsp3) is 0.550. The van der Waals surface area contributed by atoms with Crippen molar-refractivity contribution in [2.24, 2.45) is 0 Å². The van der Waals surface area contributed by atoms with E-state index in [0.29, 0.717) is 24.9 Å². The van der Waals surface area contributed by atoms with Crippen molar-refractivity contribution in [2.75, 3.05) is 12.4 Å². The molecule has 2 aliphatic rings. The quantitative estimate of drug-likeness (QED) is 0.684. The van der Waals surface area contributed by atoms with E-state index in [1.54, 1.807) is 0 Å². The number of aromatic nitrogens is 3. The average Bonchev–Trinajstić information content (AvgIpc) is 3.33. The molecule has 8 heteroatoms. The molecular formula is C20H26N4O3S. The maximum absolute atomic E-state index is 12.4. The molecule has 28 heavy (non-hydrogen) atoms. The zero-order valence-electron chi connectivity index (χ0n) is 16.5. The molecule has 1 fully saturated rings. The molecule has 2 aromatic rings. The minimum absolute atomic E-state index is 0.0368. The zero-order valence-corrected chi connectivity index (χ0v) is 17.3. The van der Waals surface area contributed by atoms with Crippen LogP contribution in [0.5, 0.6) is 11.5 Å². The van der Waals surface area contributed by atoms with Crippen molar-refractivity contribution in [3.8, 4) is 11.5 Å². The maximum atomic E-state index is 12.4. The lowest BCUT2D eigenvalue weighted by Gasteiger charge is -2.13. The Morgan fingerprint density at radius 2 is 2.21 bits per heavy atom. The van der Waals surface area contributed by atoms with Gasteiger partial charge >= 0.3 is 0 Å². The fourth-order valence-corrected chi connectivity index (χ4v) is 4.37. The molecule has 0 unspecified atom stereocenters. The zero-order chi connectivity index (χ0) is 19.7. The van der Waals surface area contributed by atoms with Gasteiger partial charge in [-0.05, 0) is 45.7 Å². The lowest BCUT2D eigenvalue weighted by molar-refractivity contribution is -0.118. The van der Waals surface area contributed by atoms with Crippen molar-refractivity contribution in [3.63, 3.8) is 0 Å². The van der Waals surface area contributed by atoms with Gasteiger partial charge in [0.1, 0.15) is 23.4 Å². The molecule has 4 rings (SSSR count). The number of carbonyl (C=O) groups excluding carboxylic acids is 1. The number of hydrogen-bond donors (Lipinski definition) is 1. The van der Waals surface area contributed by atoms with E-state index in [0.717, 1.165) is 52.9 Å². The van der Waals surface area contributed by atoms with E-state index in [4.69, 9.17) is 9.47 Å². The summed E-state index contributed by atoms with van der Waals surface area (Å²) in [4.78, 5) is 12.4. The number of benzene rings is 1. The second kappa shape index (κ2) is 8.03. The summed E-state index contributed by atoms with van der Waals surface area (Å²) in [6, 6.07) is 4.53. The van der Waals surface area contributed by atoms with Crippen molar-refractivity contribution in [3.05, 3.63) is 29.1 Å². The number of hydrogen-bond acceptors (Lipinski definition) is 6. The molecular weight excluding hydrogens is 376 g/mol. The number of rotatable bonds is 8. The van der Waals surface area contributed by atoms with Crippen molar-refractivity contribution in [2.45, 2.75) is 63.9 Å². The molecule has 150 valence electrons. The third-order valence-electron chi connectivity index (χ3n) is 4.93. The first kappa shape index (κ1) is 19.1. The van der Waals surface area contributed by atoms with Crippen LogP contribution in [0.2, 0.25) is 0 Å². The summed E-state index contributed by atoms with van der Waals surface area (Å²) >= 11 is 1.44. The molecule has 1 aliphatic heterocycles. The standard InChI is InChI=1S/C20H26N4O3S/c1-4-26-17-8-14-7-12(2)27-18(14)9-15(17)10-21-19(25)11-28-20-23-22-13(3)24(20)16-5-6-16/h8-9,12,16H,4-7,10-11H2,1-3H3,(H,21,25)/t12-/m1/s1. The van der Waals surface area contributed by atoms with E-state index in [9.17, 15) is 4.79 Å². The molecule has 1 N–H and O–H groups in total. The van der Waals surface area contributed by atoms with Crippen molar-refractivity contribution in [1.82, 2.24) is 20.1 Å². The van der Waals surface area contributed by atoms with E-state index >= 15 is 0 Å². The second-order valence-electron chi connectivity index (χ2n) is 7.33. The molecule has 2 heterocycles. The van der Waals surface area contributed by atoms with Gasteiger partial charge in [-0.25, -0.2) is 0 Å². The Morgan fingerprint density at radius 1 is 1.39 bits per heavy atom. The van der Waals surface area contributed by atoms with Gasteiger partial charge in [0.15, 0.2) is 5.16 Å². The van der Waals surface area contributed by atoms with Gasteiger partial charge < -0.3 is 19.4 Å². The Labute approximate surface area is 169 Å². The van der Waals surface area contributed by atoms with E-state index < -0.39 is 0 Å². The van der Waals surface area contributed by atoms with Crippen LogP contribution in [-0.2, 0) is 17.8 Å². The number of ether oxygens (including phenoxy) is 2. The topological polar surface area (TPSA) is 78.3 Å². The van der Waals surface area contributed by atoms with Crippen LogP contribution in [0.3, 0.4) is 0 Å². The van der Waals surface area contributed by atoms with E-state index in [1.165, 1.54) is 11.8 Å². The molecule has 0 spiro atoms. The van der Waals surface area contributed by atoms with Crippen molar-refractivity contribution in [1.29, 1.82) is 0 Å². The van der Waals surface area contributed by atoms with Crippen LogP contribution in [-0.4, -0.2) is 39.1 Å². The predicted octanol–water partition coefficient (Wildman–Crippen LogP) is 3.05.